The monoisotopic (exact) mass is 359 g/mol. The molecule has 1 aliphatic heterocycles. The molecule has 2 fully saturated rings. The van der Waals surface area contributed by atoms with Crippen molar-refractivity contribution in [3.05, 3.63) is 18.3 Å². The van der Waals surface area contributed by atoms with Crippen LogP contribution in [0, 0.1) is 11.8 Å². The van der Waals surface area contributed by atoms with Crippen LogP contribution in [0.5, 0.6) is 5.88 Å². The second-order valence-electron chi connectivity index (χ2n) is 9.03. The molecular weight excluding hydrogens is 325 g/mol. The van der Waals surface area contributed by atoms with Crippen LogP contribution in [0.25, 0.3) is 0 Å². The Bertz CT molecular complexity index is 565. The summed E-state index contributed by atoms with van der Waals surface area (Å²) in [6.45, 7) is 11.4. The third-order valence-electron chi connectivity index (χ3n) is 6.54. The summed E-state index contributed by atoms with van der Waals surface area (Å²) in [5.74, 6) is 2.44. The maximum Gasteiger partial charge on any atom is 0.496 e. The summed E-state index contributed by atoms with van der Waals surface area (Å²) in [4.78, 5) is 4.43. The third-order valence-corrected chi connectivity index (χ3v) is 6.54. The van der Waals surface area contributed by atoms with E-state index in [1.807, 2.05) is 12.1 Å². The van der Waals surface area contributed by atoms with Crippen molar-refractivity contribution in [3.8, 4) is 5.88 Å². The van der Waals surface area contributed by atoms with E-state index in [1.165, 1.54) is 32.1 Å². The van der Waals surface area contributed by atoms with Crippen molar-refractivity contribution >= 4 is 12.6 Å². The van der Waals surface area contributed by atoms with Crippen molar-refractivity contribution in [2.45, 2.75) is 84.3 Å². The molecule has 3 rings (SSSR count). The van der Waals surface area contributed by atoms with E-state index in [9.17, 15) is 0 Å². The highest BCUT2D eigenvalue weighted by atomic mass is 16.7. The van der Waals surface area contributed by atoms with E-state index in [0.717, 1.165) is 30.3 Å². The molecule has 1 aromatic rings. The lowest BCUT2D eigenvalue weighted by molar-refractivity contribution is 0.00578. The van der Waals surface area contributed by atoms with E-state index in [2.05, 4.69) is 39.6 Å². The van der Waals surface area contributed by atoms with Gasteiger partial charge in [0.15, 0.2) is 0 Å². The summed E-state index contributed by atoms with van der Waals surface area (Å²) in [5.41, 5.74) is 0.275. The minimum atomic E-state index is -0.367. The molecule has 1 aromatic heterocycles. The first kappa shape index (κ1) is 19.7. The van der Waals surface area contributed by atoms with Gasteiger partial charge in [0.2, 0.25) is 5.88 Å². The smallest absolute Gasteiger partial charge is 0.478 e. The molecule has 0 spiro atoms. The van der Waals surface area contributed by atoms with E-state index >= 15 is 0 Å². The fourth-order valence-electron chi connectivity index (χ4n) is 3.94. The standard InChI is InChI=1S/C21H34BNO3/c1-16(17-10-6-7-11-17)9-8-14-24-19-13-12-18(15-23-19)22-25-20(2,3)21(4,5)26-22/h12-13,15-17H,6-11,14H2,1-5H3. The molecule has 1 saturated heterocycles. The fourth-order valence-corrected chi connectivity index (χ4v) is 3.94. The van der Waals surface area contributed by atoms with Gasteiger partial charge >= 0.3 is 7.12 Å². The molecule has 4 nitrogen and oxygen atoms in total. The van der Waals surface area contributed by atoms with Gasteiger partial charge in [-0.15, -0.1) is 0 Å². The quantitative estimate of drug-likeness (QED) is 0.536. The Hall–Kier alpha value is -1.07. The van der Waals surface area contributed by atoms with E-state index in [1.54, 1.807) is 6.20 Å². The molecule has 1 saturated carbocycles. The topological polar surface area (TPSA) is 40.6 Å². The van der Waals surface area contributed by atoms with Crippen LogP contribution in [-0.2, 0) is 9.31 Å². The molecule has 2 aliphatic rings. The summed E-state index contributed by atoms with van der Waals surface area (Å²) in [5, 5.41) is 0. The Morgan fingerprint density at radius 2 is 1.81 bits per heavy atom. The summed E-state index contributed by atoms with van der Waals surface area (Å²) in [6, 6.07) is 3.91. The Labute approximate surface area is 159 Å². The van der Waals surface area contributed by atoms with Crippen LogP contribution in [0.1, 0.15) is 73.1 Å². The summed E-state index contributed by atoms with van der Waals surface area (Å²) >= 11 is 0. The molecule has 26 heavy (non-hydrogen) atoms. The van der Waals surface area contributed by atoms with Crippen molar-refractivity contribution < 1.29 is 14.0 Å². The predicted octanol–water partition coefficient (Wildman–Crippen LogP) is 4.37. The molecule has 1 atom stereocenters. The van der Waals surface area contributed by atoms with Gasteiger partial charge in [-0.1, -0.05) is 38.7 Å². The van der Waals surface area contributed by atoms with Crippen LogP contribution in [0.2, 0.25) is 0 Å². The third kappa shape index (κ3) is 4.43. The Balaban J connectivity index is 1.43. The van der Waals surface area contributed by atoms with Crippen LogP contribution in [0.15, 0.2) is 18.3 Å². The van der Waals surface area contributed by atoms with Crippen LogP contribution in [0.3, 0.4) is 0 Å². The first-order valence-electron chi connectivity index (χ1n) is 10.2. The van der Waals surface area contributed by atoms with Crippen molar-refractivity contribution in [3.63, 3.8) is 0 Å². The summed E-state index contributed by atoms with van der Waals surface area (Å²) < 4.78 is 17.9. The molecule has 0 bridgehead atoms. The zero-order chi connectivity index (χ0) is 18.8. The van der Waals surface area contributed by atoms with E-state index in [0.29, 0.717) is 5.88 Å². The van der Waals surface area contributed by atoms with Gasteiger partial charge in [-0.05, 0) is 58.4 Å². The molecule has 0 amide bonds. The molecular formula is C21H34BNO3. The highest BCUT2D eigenvalue weighted by Gasteiger charge is 2.51. The van der Waals surface area contributed by atoms with Crippen molar-refractivity contribution in [1.29, 1.82) is 0 Å². The Morgan fingerprint density at radius 3 is 2.38 bits per heavy atom. The van der Waals surface area contributed by atoms with Gasteiger partial charge in [0.05, 0.1) is 17.8 Å². The van der Waals surface area contributed by atoms with E-state index in [-0.39, 0.29) is 18.3 Å². The van der Waals surface area contributed by atoms with Gasteiger partial charge in [0.1, 0.15) is 0 Å². The lowest BCUT2D eigenvalue weighted by atomic mass is 9.80. The number of nitrogens with zero attached hydrogens (tertiary/aromatic N) is 1. The van der Waals surface area contributed by atoms with Gasteiger partial charge in [-0.25, -0.2) is 4.98 Å². The molecule has 1 aliphatic carbocycles. The lowest BCUT2D eigenvalue weighted by Crippen LogP contribution is -2.41. The van der Waals surface area contributed by atoms with Crippen molar-refractivity contribution in [2.24, 2.45) is 11.8 Å². The lowest BCUT2D eigenvalue weighted by Gasteiger charge is -2.32. The highest BCUT2D eigenvalue weighted by Crippen LogP contribution is 2.36. The fraction of sp³-hybridized carbons (Fsp3) is 0.762. The van der Waals surface area contributed by atoms with Gasteiger partial charge in [0.25, 0.3) is 0 Å². The second-order valence-corrected chi connectivity index (χ2v) is 9.03. The van der Waals surface area contributed by atoms with Crippen molar-refractivity contribution in [1.82, 2.24) is 4.98 Å². The Morgan fingerprint density at radius 1 is 1.15 bits per heavy atom. The number of aromatic nitrogens is 1. The van der Waals surface area contributed by atoms with Gasteiger partial charge in [-0.2, -0.15) is 0 Å². The molecule has 144 valence electrons. The Kier molecular flexibility index (Phi) is 5.98. The van der Waals surface area contributed by atoms with Crippen molar-refractivity contribution in [2.75, 3.05) is 6.61 Å². The number of hydrogen-bond acceptors (Lipinski definition) is 4. The number of hydrogen-bond donors (Lipinski definition) is 0. The molecule has 2 heterocycles. The molecule has 0 aromatic carbocycles. The van der Waals surface area contributed by atoms with E-state index < -0.39 is 0 Å². The van der Waals surface area contributed by atoms with Gasteiger partial charge in [0, 0.05) is 11.7 Å². The summed E-state index contributed by atoms with van der Waals surface area (Å²) in [6.07, 6.45) is 9.83. The van der Waals surface area contributed by atoms with Crippen LogP contribution in [0.4, 0.5) is 0 Å². The first-order valence-corrected chi connectivity index (χ1v) is 10.2. The average molecular weight is 359 g/mol. The second kappa shape index (κ2) is 7.89. The SMILES string of the molecule is CC(CCCOc1ccc(B2OC(C)(C)C(C)(C)O2)cn1)C1CCCC1. The number of ether oxygens (including phenoxy) is 1. The largest absolute Gasteiger partial charge is 0.496 e. The van der Waals surface area contributed by atoms with Gasteiger partial charge < -0.3 is 14.0 Å². The average Bonchev–Trinajstić information content (AvgIpc) is 3.19. The van der Waals surface area contributed by atoms with Crippen LogP contribution >= 0.6 is 0 Å². The number of rotatable bonds is 7. The first-order chi connectivity index (χ1) is 12.3. The normalized spacial score (nSPS) is 23.3. The maximum absolute atomic E-state index is 6.06. The molecule has 0 radical (unpaired) electrons. The predicted molar refractivity (Wildman–Crippen MR) is 106 cm³/mol. The molecule has 0 N–H and O–H groups in total. The van der Waals surface area contributed by atoms with Gasteiger partial charge in [-0.3, -0.25) is 0 Å². The maximum atomic E-state index is 6.06. The van der Waals surface area contributed by atoms with Crippen LogP contribution in [-0.4, -0.2) is 29.9 Å². The van der Waals surface area contributed by atoms with Crippen LogP contribution < -0.4 is 10.2 Å². The number of pyridine rings is 1. The molecule has 5 heteroatoms. The van der Waals surface area contributed by atoms with E-state index in [4.69, 9.17) is 14.0 Å². The summed E-state index contributed by atoms with van der Waals surface area (Å²) in [7, 11) is -0.367. The molecule has 1 unspecified atom stereocenters. The highest BCUT2D eigenvalue weighted by molar-refractivity contribution is 6.62. The minimum Gasteiger partial charge on any atom is -0.478 e. The zero-order valence-electron chi connectivity index (χ0n) is 17.1. The zero-order valence-corrected chi connectivity index (χ0v) is 17.1. The minimum absolute atomic E-state index is 0.331.